The van der Waals surface area contributed by atoms with Crippen LogP contribution in [-0.2, 0) is 16.8 Å². The zero-order valence-electron chi connectivity index (χ0n) is 17.2. The molecular weight excluding hydrogens is 457 g/mol. The van der Waals surface area contributed by atoms with Crippen LogP contribution in [0, 0.1) is 0 Å². The molecule has 0 saturated heterocycles. The highest BCUT2D eigenvalue weighted by atomic mass is 35.5. The smallest absolute Gasteiger partial charge is 0.298 e. The standard InChI is InChI=1S/C23H22Cl3N3O2/c1-23(2,15-9-17(25)11-18(26)10-15)12-20(30)13-28-22(31)29(19-7-8-19)21(27-28)14-3-5-16(24)6-4-14/h3-6,9-11,19H,7-8,12-13H2,1-2H3. The molecule has 8 heteroatoms. The summed E-state index contributed by atoms with van der Waals surface area (Å²) in [6.07, 6.45) is 2.09. The summed E-state index contributed by atoms with van der Waals surface area (Å²) >= 11 is 18.3. The van der Waals surface area contributed by atoms with Crippen molar-refractivity contribution in [2.24, 2.45) is 0 Å². The van der Waals surface area contributed by atoms with E-state index in [4.69, 9.17) is 34.8 Å². The number of aromatic nitrogens is 3. The second-order valence-electron chi connectivity index (χ2n) is 8.63. The van der Waals surface area contributed by atoms with Crippen LogP contribution in [0.25, 0.3) is 11.4 Å². The zero-order chi connectivity index (χ0) is 22.3. The van der Waals surface area contributed by atoms with E-state index >= 15 is 0 Å². The summed E-state index contributed by atoms with van der Waals surface area (Å²) in [6, 6.07) is 12.6. The molecule has 31 heavy (non-hydrogen) atoms. The highest BCUT2D eigenvalue weighted by molar-refractivity contribution is 6.34. The van der Waals surface area contributed by atoms with Gasteiger partial charge in [0.1, 0.15) is 6.54 Å². The second-order valence-corrected chi connectivity index (χ2v) is 9.94. The van der Waals surface area contributed by atoms with E-state index in [-0.39, 0.29) is 30.5 Å². The Bertz CT molecular complexity index is 1170. The molecule has 0 spiro atoms. The quantitative estimate of drug-likeness (QED) is 0.422. The van der Waals surface area contributed by atoms with Gasteiger partial charge in [-0.25, -0.2) is 9.48 Å². The second kappa shape index (κ2) is 8.45. The molecule has 4 rings (SSSR count). The number of hydrogen-bond acceptors (Lipinski definition) is 3. The topological polar surface area (TPSA) is 56.9 Å². The lowest BCUT2D eigenvalue weighted by Gasteiger charge is -2.25. The van der Waals surface area contributed by atoms with Crippen LogP contribution < -0.4 is 5.69 Å². The fraction of sp³-hybridized carbons (Fsp3) is 0.348. The van der Waals surface area contributed by atoms with Gasteiger partial charge in [-0.05, 0) is 66.3 Å². The third-order valence-corrected chi connectivity index (χ3v) is 6.18. The molecule has 1 heterocycles. The molecule has 0 N–H and O–H groups in total. The van der Waals surface area contributed by atoms with Crippen LogP contribution in [0.1, 0.15) is 44.7 Å². The number of carbonyl (C=O) groups is 1. The minimum absolute atomic E-state index is 0.0864. The number of hydrogen-bond donors (Lipinski definition) is 0. The summed E-state index contributed by atoms with van der Waals surface area (Å²) in [4.78, 5) is 25.9. The van der Waals surface area contributed by atoms with E-state index in [1.165, 1.54) is 4.68 Å². The lowest BCUT2D eigenvalue weighted by Crippen LogP contribution is -2.30. The van der Waals surface area contributed by atoms with Crippen LogP contribution in [0.2, 0.25) is 15.1 Å². The summed E-state index contributed by atoms with van der Waals surface area (Å²) in [5.74, 6) is 0.476. The fourth-order valence-electron chi connectivity index (χ4n) is 3.74. The molecule has 0 atom stereocenters. The highest BCUT2D eigenvalue weighted by Crippen LogP contribution is 2.37. The molecule has 1 aliphatic carbocycles. The van der Waals surface area contributed by atoms with E-state index in [0.717, 1.165) is 24.0 Å². The fourth-order valence-corrected chi connectivity index (χ4v) is 4.40. The third kappa shape index (κ3) is 4.89. The van der Waals surface area contributed by atoms with Crippen molar-refractivity contribution in [2.45, 2.75) is 51.1 Å². The average molecular weight is 479 g/mol. The maximum atomic E-state index is 13.0. The summed E-state index contributed by atoms with van der Waals surface area (Å²) in [7, 11) is 0. The Morgan fingerprint density at radius 2 is 1.65 bits per heavy atom. The van der Waals surface area contributed by atoms with E-state index < -0.39 is 5.41 Å². The molecule has 1 fully saturated rings. The van der Waals surface area contributed by atoms with E-state index in [2.05, 4.69) is 5.10 Å². The van der Waals surface area contributed by atoms with Crippen molar-refractivity contribution in [3.63, 3.8) is 0 Å². The molecule has 3 aromatic rings. The zero-order valence-corrected chi connectivity index (χ0v) is 19.5. The lowest BCUT2D eigenvalue weighted by molar-refractivity contribution is -0.120. The van der Waals surface area contributed by atoms with Crippen molar-refractivity contribution in [1.29, 1.82) is 0 Å². The van der Waals surface area contributed by atoms with Gasteiger partial charge in [-0.1, -0.05) is 48.7 Å². The number of halogens is 3. The van der Waals surface area contributed by atoms with Crippen molar-refractivity contribution >= 4 is 40.6 Å². The van der Waals surface area contributed by atoms with Crippen molar-refractivity contribution in [2.75, 3.05) is 0 Å². The molecule has 0 bridgehead atoms. The molecule has 0 amide bonds. The highest BCUT2D eigenvalue weighted by Gasteiger charge is 2.31. The van der Waals surface area contributed by atoms with Crippen LogP contribution in [0.5, 0.6) is 0 Å². The van der Waals surface area contributed by atoms with Crippen molar-refractivity contribution in [3.8, 4) is 11.4 Å². The Balaban J connectivity index is 1.59. The summed E-state index contributed by atoms with van der Waals surface area (Å²) in [5.41, 5.74) is 0.918. The Kier molecular flexibility index (Phi) is 6.03. The molecule has 1 aromatic heterocycles. The van der Waals surface area contributed by atoms with Crippen LogP contribution in [0.3, 0.4) is 0 Å². The number of benzene rings is 2. The van der Waals surface area contributed by atoms with E-state index in [1.807, 2.05) is 38.1 Å². The number of nitrogens with zero attached hydrogens (tertiary/aromatic N) is 3. The maximum Gasteiger partial charge on any atom is 0.346 e. The molecule has 0 aliphatic heterocycles. The number of ketones is 1. The third-order valence-electron chi connectivity index (χ3n) is 5.49. The summed E-state index contributed by atoms with van der Waals surface area (Å²) in [5, 5.41) is 6.16. The van der Waals surface area contributed by atoms with Gasteiger partial charge in [-0.3, -0.25) is 9.36 Å². The lowest BCUT2D eigenvalue weighted by atomic mass is 9.80. The van der Waals surface area contributed by atoms with Gasteiger partial charge >= 0.3 is 5.69 Å². The van der Waals surface area contributed by atoms with Crippen molar-refractivity contribution in [1.82, 2.24) is 14.3 Å². The Hall–Kier alpha value is -2.08. The van der Waals surface area contributed by atoms with E-state index in [1.54, 1.807) is 22.8 Å². The Labute approximate surface area is 195 Å². The molecule has 1 saturated carbocycles. The normalized spacial score (nSPS) is 14.1. The van der Waals surface area contributed by atoms with Crippen LogP contribution in [-0.4, -0.2) is 20.1 Å². The summed E-state index contributed by atoms with van der Waals surface area (Å²) in [6.45, 7) is 3.83. The number of Topliss-reactive ketones (excluding diaryl/α,β-unsaturated/α-hetero) is 1. The first-order valence-electron chi connectivity index (χ1n) is 10.1. The molecule has 0 unspecified atom stereocenters. The van der Waals surface area contributed by atoms with Crippen LogP contribution in [0.4, 0.5) is 0 Å². The maximum absolute atomic E-state index is 13.0. The Morgan fingerprint density at radius 1 is 1.03 bits per heavy atom. The van der Waals surface area contributed by atoms with Gasteiger partial charge in [0.25, 0.3) is 0 Å². The summed E-state index contributed by atoms with van der Waals surface area (Å²) < 4.78 is 2.96. The minimum Gasteiger partial charge on any atom is -0.298 e. The minimum atomic E-state index is -0.493. The van der Waals surface area contributed by atoms with Crippen LogP contribution in [0.15, 0.2) is 47.3 Å². The predicted octanol–water partition coefficient (Wildman–Crippen LogP) is 5.94. The number of carbonyl (C=O) groups excluding carboxylic acids is 1. The molecule has 0 radical (unpaired) electrons. The largest absolute Gasteiger partial charge is 0.346 e. The van der Waals surface area contributed by atoms with Gasteiger partial charge in [0.2, 0.25) is 0 Å². The predicted molar refractivity (Wildman–Crippen MR) is 124 cm³/mol. The van der Waals surface area contributed by atoms with Gasteiger partial charge in [-0.2, -0.15) is 0 Å². The van der Waals surface area contributed by atoms with Crippen molar-refractivity contribution < 1.29 is 4.79 Å². The van der Waals surface area contributed by atoms with Gasteiger partial charge in [0.15, 0.2) is 11.6 Å². The van der Waals surface area contributed by atoms with Gasteiger partial charge in [0.05, 0.1) is 0 Å². The molecule has 5 nitrogen and oxygen atoms in total. The van der Waals surface area contributed by atoms with Crippen molar-refractivity contribution in [3.05, 3.63) is 73.6 Å². The van der Waals surface area contributed by atoms with E-state index in [9.17, 15) is 9.59 Å². The van der Waals surface area contributed by atoms with Gasteiger partial charge < -0.3 is 0 Å². The first-order valence-corrected chi connectivity index (χ1v) is 11.2. The SMILES string of the molecule is CC(C)(CC(=O)Cn1nc(-c2ccc(Cl)cc2)n(C2CC2)c1=O)c1cc(Cl)cc(Cl)c1. The first kappa shape index (κ1) is 22.1. The molecule has 1 aliphatic rings. The Morgan fingerprint density at radius 3 is 2.23 bits per heavy atom. The molecule has 2 aromatic carbocycles. The first-order chi connectivity index (χ1) is 14.6. The number of rotatable bonds is 7. The van der Waals surface area contributed by atoms with Gasteiger partial charge in [-0.15, -0.1) is 5.10 Å². The monoisotopic (exact) mass is 477 g/mol. The van der Waals surface area contributed by atoms with Gasteiger partial charge in [0, 0.05) is 33.1 Å². The molecule has 162 valence electrons. The van der Waals surface area contributed by atoms with E-state index in [0.29, 0.717) is 20.9 Å². The average Bonchev–Trinajstić information content (AvgIpc) is 3.46. The van der Waals surface area contributed by atoms with Crippen LogP contribution >= 0.6 is 34.8 Å². The molecular formula is C23H22Cl3N3O2.